The molecule has 1 atom stereocenters. The molecule has 0 aliphatic carbocycles. The highest BCUT2D eigenvalue weighted by atomic mass is 32.1. The van der Waals surface area contributed by atoms with E-state index in [2.05, 4.69) is 18.8 Å². The minimum absolute atomic E-state index is 0.354. The van der Waals surface area contributed by atoms with Crippen LogP contribution in [0, 0.1) is 0 Å². The second-order valence-electron chi connectivity index (χ2n) is 4.41. The molecule has 1 unspecified atom stereocenters. The molecule has 0 amide bonds. The zero-order chi connectivity index (χ0) is 13.3. The molecule has 2 aromatic rings. The highest BCUT2D eigenvalue weighted by Crippen LogP contribution is 2.33. The number of rotatable bonds is 4. The van der Waals surface area contributed by atoms with Crippen molar-refractivity contribution < 1.29 is 14.6 Å². The van der Waals surface area contributed by atoms with Gasteiger partial charge in [0.15, 0.2) is 6.10 Å². The van der Waals surface area contributed by atoms with Crippen LogP contribution in [0.15, 0.2) is 18.2 Å². The second-order valence-corrected chi connectivity index (χ2v) is 5.47. The van der Waals surface area contributed by atoms with E-state index in [0.717, 1.165) is 15.2 Å². The first kappa shape index (κ1) is 12.8. The van der Waals surface area contributed by atoms with Crippen LogP contribution < -0.4 is 4.74 Å². The first-order valence-corrected chi connectivity index (χ1v) is 6.59. The molecule has 0 spiro atoms. The Kier molecular flexibility index (Phi) is 3.52. The molecule has 0 aliphatic heterocycles. The van der Waals surface area contributed by atoms with E-state index in [0.29, 0.717) is 11.7 Å². The van der Waals surface area contributed by atoms with E-state index < -0.39 is 12.1 Å². The van der Waals surface area contributed by atoms with Gasteiger partial charge in [-0.3, -0.25) is 0 Å². The molecular weight excluding hydrogens is 250 g/mol. The van der Waals surface area contributed by atoms with Gasteiger partial charge < -0.3 is 9.84 Å². The average Bonchev–Trinajstić information content (AvgIpc) is 2.73. The lowest BCUT2D eigenvalue weighted by Crippen LogP contribution is -2.22. The molecule has 1 aromatic heterocycles. The highest BCUT2D eigenvalue weighted by molar-refractivity contribution is 7.18. The van der Waals surface area contributed by atoms with Crippen molar-refractivity contribution in [2.75, 3.05) is 0 Å². The Morgan fingerprint density at radius 2 is 2.11 bits per heavy atom. The van der Waals surface area contributed by atoms with Gasteiger partial charge >= 0.3 is 5.97 Å². The van der Waals surface area contributed by atoms with Crippen LogP contribution in [0.3, 0.4) is 0 Å². The van der Waals surface area contributed by atoms with Gasteiger partial charge in [0.1, 0.15) is 11.3 Å². The number of benzene rings is 1. The summed E-state index contributed by atoms with van der Waals surface area (Å²) in [5.41, 5.74) is 0.749. The molecule has 1 N–H and O–H groups in total. The van der Waals surface area contributed by atoms with Crippen molar-refractivity contribution in [3.63, 3.8) is 0 Å². The quantitative estimate of drug-likeness (QED) is 0.921. The Morgan fingerprint density at radius 3 is 2.72 bits per heavy atom. The fraction of sp³-hybridized carbons (Fsp3) is 0.385. The maximum atomic E-state index is 10.8. The molecular formula is C13H15NO3S. The Labute approximate surface area is 109 Å². The van der Waals surface area contributed by atoms with E-state index in [1.54, 1.807) is 17.4 Å². The number of para-hydroxylation sites is 1. The third-order valence-corrected chi connectivity index (χ3v) is 3.87. The summed E-state index contributed by atoms with van der Waals surface area (Å²) < 4.78 is 6.45. The van der Waals surface area contributed by atoms with E-state index in [1.807, 2.05) is 12.1 Å². The summed E-state index contributed by atoms with van der Waals surface area (Å²) >= 11 is 1.62. The molecule has 5 heteroatoms. The second kappa shape index (κ2) is 4.94. The zero-order valence-electron chi connectivity index (χ0n) is 10.5. The van der Waals surface area contributed by atoms with Crippen molar-refractivity contribution in [1.29, 1.82) is 0 Å². The van der Waals surface area contributed by atoms with Gasteiger partial charge in [0.05, 0.1) is 9.71 Å². The van der Waals surface area contributed by atoms with Crippen molar-refractivity contribution in [1.82, 2.24) is 4.98 Å². The predicted octanol–water partition coefficient (Wildman–Crippen LogP) is 3.27. The number of carbonyl (C=O) groups is 1. The van der Waals surface area contributed by atoms with Crippen LogP contribution in [0.1, 0.15) is 31.7 Å². The Balaban J connectivity index is 2.41. The van der Waals surface area contributed by atoms with Gasteiger partial charge in [-0.25, -0.2) is 9.78 Å². The van der Waals surface area contributed by atoms with Gasteiger partial charge in [-0.2, -0.15) is 0 Å². The monoisotopic (exact) mass is 265 g/mol. The number of fused-ring (bicyclic) bond motifs is 1. The number of thiazole rings is 1. The van der Waals surface area contributed by atoms with Crippen LogP contribution >= 0.6 is 11.3 Å². The maximum absolute atomic E-state index is 10.8. The van der Waals surface area contributed by atoms with Gasteiger partial charge in [0, 0.05) is 5.92 Å². The third-order valence-electron chi connectivity index (χ3n) is 2.54. The summed E-state index contributed by atoms with van der Waals surface area (Å²) in [5, 5.41) is 9.90. The van der Waals surface area contributed by atoms with Crippen molar-refractivity contribution in [3.05, 3.63) is 23.2 Å². The first-order chi connectivity index (χ1) is 8.49. The number of ether oxygens (including phenoxy) is 1. The SMILES string of the molecule is CC(Oc1cccc2sc(C(C)C)nc12)C(=O)O. The summed E-state index contributed by atoms with van der Waals surface area (Å²) in [6.45, 7) is 5.67. The highest BCUT2D eigenvalue weighted by Gasteiger charge is 2.16. The number of carboxylic acid groups (broad SMARTS) is 1. The zero-order valence-corrected chi connectivity index (χ0v) is 11.3. The number of aromatic nitrogens is 1. The Hall–Kier alpha value is -1.62. The molecule has 0 saturated carbocycles. The van der Waals surface area contributed by atoms with Crippen LogP contribution in [0.25, 0.3) is 10.2 Å². The minimum atomic E-state index is -0.980. The van der Waals surface area contributed by atoms with Crippen LogP contribution in [-0.4, -0.2) is 22.2 Å². The normalized spacial score (nSPS) is 12.9. The summed E-state index contributed by atoms with van der Waals surface area (Å²) in [5.74, 6) is -0.0935. The number of aliphatic carboxylic acids is 1. The van der Waals surface area contributed by atoms with Gasteiger partial charge in [-0.15, -0.1) is 11.3 Å². The molecule has 0 radical (unpaired) electrons. The summed E-state index contributed by atoms with van der Waals surface area (Å²) in [4.78, 5) is 15.3. The predicted molar refractivity (Wildman–Crippen MR) is 71.4 cm³/mol. The van der Waals surface area contributed by atoms with E-state index >= 15 is 0 Å². The lowest BCUT2D eigenvalue weighted by molar-refractivity contribution is -0.144. The minimum Gasteiger partial charge on any atom is -0.479 e. The molecule has 96 valence electrons. The summed E-state index contributed by atoms with van der Waals surface area (Å²) in [6.07, 6.45) is -0.875. The van der Waals surface area contributed by atoms with E-state index in [1.165, 1.54) is 6.92 Å². The first-order valence-electron chi connectivity index (χ1n) is 5.78. The molecule has 1 aromatic carbocycles. The largest absolute Gasteiger partial charge is 0.479 e. The number of carboxylic acids is 1. The van der Waals surface area contributed by atoms with E-state index in [-0.39, 0.29) is 0 Å². The molecule has 18 heavy (non-hydrogen) atoms. The molecule has 0 saturated heterocycles. The van der Waals surface area contributed by atoms with E-state index in [9.17, 15) is 4.79 Å². The number of nitrogens with zero attached hydrogens (tertiary/aromatic N) is 1. The standard InChI is InChI=1S/C13H15NO3S/c1-7(2)12-14-11-9(17-8(3)13(15)16)5-4-6-10(11)18-12/h4-8H,1-3H3,(H,15,16). The van der Waals surface area contributed by atoms with Crippen LogP contribution in [0.5, 0.6) is 5.75 Å². The van der Waals surface area contributed by atoms with Crippen molar-refractivity contribution in [2.45, 2.75) is 32.8 Å². The summed E-state index contributed by atoms with van der Waals surface area (Å²) in [7, 11) is 0. The van der Waals surface area contributed by atoms with Crippen molar-refractivity contribution >= 4 is 27.5 Å². The Bertz CT molecular complexity index is 577. The lowest BCUT2D eigenvalue weighted by atomic mass is 10.2. The number of hydrogen-bond acceptors (Lipinski definition) is 4. The van der Waals surface area contributed by atoms with Gasteiger partial charge in [-0.1, -0.05) is 19.9 Å². The van der Waals surface area contributed by atoms with Crippen LogP contribution in [0.4, 0.5) is 0 Å². The smallest absolute Gasteiger partial charge is 0.344 e. The van der Waals surface area contributed by atoms with Crippen LogP contribution in [-0.2, 0) is 4.79 Å². The van der Waals surface area contributed by atoms with Crippen LogP contribution in [0.2, 0.25) is 0 Å². The molecule has 4 nitrogen and oxygen atoms in total. The molecule has 0 fully saturated rings. The van der Waals surface area contributed by atoms with Gasteiger partial charge in [-0.05, 0) is 19.1 Å². The molecule has 1 heterocycles. The summed E-state index contributed by atoms with van der Waals surface area (Å²) in [6, 6.07) is 5.58. The topological polar surface area (TPSA) is 59.4 Å². The van der Waals surface area contributed by atoms with Crippen molar-refractivity contribution in [2.24, 2.45) is 0 Å². The Morgan fingerprint density at radius 1 is 1.39 bits per heavy atom. The number of hydrogen-bond donors (Lipinski definition) is 1. The molecule has 0 aliphatic rings. The van der Waals surface area contributed by atoms with Gasteiger partial charge in [0.25, 0.3) is 0 Å². The lowest BCUT2D eigenvalue weighted by Gasteiger charge is -2.10. The maximum Gasteiger partial charge on any atom is 0.344 e. The fourth-order valence-electron chi connectivity index (χ4n) is 1.52. The molecule has 2 rings (SSSR count). The average molecular weight is 265 g/mol. The third kappa shape index (κ3) is 2.46. The fourth-order valence-corrected chi connectivity index (χ4v) is 2.51. The van der Waals surface area contributed by atoms with E-state index in [4.69, 9.17) is 9.84 Å². The molecule has 0 bridgehead atoms. The van der Waals surface area contributed by atoms with Gasteiger partial charge in [0.2, 0.25) is 0 Å². The van der Waals surface area contributed by atoms with Crippen molar-refractivity contribution in [3.8, 4) is 5.75 Å².